The normalized spacial score (nSPS) is 12.7. The second kappa shape index (κ2) is 9.69. The van der Waals surface area contributed by atoms with Gasteiger partial charge in [-0.05, 0) is 50.1 Å². The third-order valence-corrected chi connectivity index (χ3v) is 6.35. The van der Waals surface area contributed by atoms with E-state index in [1.165, 1.54) is 4.90 Å². The van der Waals surface area contributed by atoms with E-state index in [2.05, 4.69) is 11.1 Å². The average Bonchev–Trinajstić information content (AvgIpc) is 3.25. The van der Waals surface area contributed by atoms with E-state index in [-0.39, 0.29) is 24.8 Å². The topological polar surface area (TPSA) is 68.6 Å². The molecule has 0 saturated heterocycles. The molecule has 1 aliphatic rings. The molecule has 174 valence electrons. The summed E-state index contributed by atoms with van der Waals surface area (Å²) in [4.78, 5) is 39.0. The molecule has 4 rings (SSSR count). The van der Waals surface area contributed by atoms with Crippen LogP contribution < -0.4 is 0 Å². The summed E-state index contributed by atoms with van der Waals surface area (Å²) in [5, 5.41) is 0.697. The standard InChI is InChI=1S/C27H25ClN2O4/c1-17-14-24(19(3)29(17)13-12-20-8-10-21(28)11-9-20)25(31)16-34-26(32)15-30-18(2)22-6-4-5-7-23(22)27(30)33/h4-11,14H,2,12-13,15-16H2,1,3H3. The lowest BCUT2D eigenvalue weighted by Crippen LogP contribution is -2.31. The largest absolute Gasteiger partial charge is 0.456 e. The molecule has 0 spiro atoms. The van der Waals surface area contributed by atoms with Crippen LogP contribution in [0.1, 0.15) is 43.2 Å². The molecule has 1 aliphatic heterocycles. The predicted molar refractivity (Wildman–Crippen MR) is 131 cm³/mol. The average molecular weight is 477 g/mol. The third kappa shape index (κ3) is 4.68. The van der Waals surface area contributed by atoms with Gasteiger partial charge < -0.3 is 9.30 Å². The van der Waals surface area contributed by atoms with Crippen molar-refractivity contribution in [1.82, 2.24) is 9.47 Å². The maximum Gasteiger partial charge on any atom is 0.326 e. The molecule has 6 nitrogen and oxygen atoms in total. The molecule has 0 N–H and O–H groups in total. The Bertz CT molecular complexity index is 1260. The number of hydrogen-bond acceptors (Lipinski definition) is 4. The molecular weight excluding hydrogens is 452 g/mol. The van der Waals surface area contributed by atoms with E-state index in [4.69, 9.17) is 16.3 Å². The molecule has 2 heterocycles. The number of aryl methyl sites for hydroxylation is 2. The number of aromatic nitrogens is 1. The van der Waals surface area contributed by atoms with Gasteiger partial charge in [0.15, 0.2) is 6.61 Å². The number of Topliss-reactive ketones (excluding diaryl/α,β-unsaturated/α-hetero) is 1. The van der Waals surface area contributed by atoms with Gasteiger partial charge in [0.1, 0.15) is 6.54 Å². The van der Waals surface area contributed by atoms with E-state index in [1.54, 1.807) is 18.2 Å². The Morgan fingerprint density at radius 2 is 1.71 bits per heavy atom. The van der Waals surface area contributed by atoms with Crippen molar-refractivity contribution in [3.05, 3.63) is 99.8 Å². The van der Waals surface area contributed by atoms with Crippen LogP contribution >= 0.6 is 11.6 Å². The summed E-state index contributed by atoms with van der Waals surface area (Å²) < 4.78 is 7.29. The number of nitrogens with zero attached hydrogens (tertiary/aromatic N) is 2. The first-order valence-corrected chi connectivity index (χ1v) is 11.3. The van der Waals surface area contributed by atoms with E-state index in [0.29, 0.717) is 34.0 Å². The number of carbonyl (C=O) groups excluding carboxylic acids is 3. The van der Waals surface area contributed by atoms with Gasteiger partial charge in [0.25, 0.3) is 5.91 Å². The summed E-state index contributed by atoms with van der Waals surface area (Å²) in [6.07, 6.45) is 0.798. The maximum atomic E-state index is 12.8. The third-order valence-electron chi connectivity index (χ3n) is 6.10. The molecule has 34 heavy (non-hydrogen) atoms. The van der Waals surface area contributed by atoms with E-state index in [9.17, 15) is 14.4 Å². The number of carbonyl (C=O) groups is 3. The lowest BCUT2D eigenvalue weighted by Gasteiger charge is -2.16. The van der Waals surface area contributed by atoms with Gasteiger partial charge in [-0.1, -0.05) is 48.5 Å². The van der Waals surface area contributed by atoms with Gasteiger partial charge in [0, 0.05) is 45.3 Å². The van der Waals surface area contributed by atoms with Crippen molar-refractivity contribution in [2.75, 3.05) is 13.2 Å². The van der Waals surface area contributed by atoms with Crippen molar-refractivity contribution < 1.29 is 19.1 Å². The van der Waals surface area contributed by atoms with Crippen LogP contribution in [0.2, 0.25) is 5.02 Å². The molecule has 1 amide bonds. The maximum absolute atomic E-state index is 12.8. The lowest BCUT2D eigenvalue weighted by atomic mass is 10.1. The summed E-state index contributed by atoms with van der Waals surface area (Å²) >= 11 is 5.95. The second-order valence-electron chi connectivity index (χ2n) is 8.28. The van der Waals surface area contributed by atoms with Crippen LogP contribution in [-0.4, -0.2) is 40.3 Å². The summed E-state index contributed by atoms with van der Waals surface area (Å²) in [7, 11) is 0. The monoisotopic (exact) mass is 476 g/mol. The highest BCUT2D eigenvalue weighted by Crippen LogP contribution is 2.30. The highest BCUT2D eigenvalue weighted by molar-refractivity contribution is 6.30. The fourth-order valence-electron chi connectivity index (χ4n) is 4.22. The Kier molecular flexibility index (Phi) is 6.70. The van der Waals surface area contributed by atoms with Crippen molar-refractivity contribution in [3.63, 3.8) is 0 Å². The fraction of sp³-hybridized carbons (Fsp3) is 0.222. The molecule has 0 radical (unpaired) electrons. The van der Waals surface area contributed by atoms with Crippen LogP contribution in [-0.2, 0) is 22.5 Å². The summed E-state index contributed by atoms with van der Waals surface area (Å²) in [5.74, 6) is -1.24. The fourth-order valence-corrected chi connectivity index (χ4v) is 4.35. The van der Waals surface area contributed by atoms with Gasteiger partial charge in [0.2, 0.25) is 5.78 Å². The molecule has 1 aromatic heterocycles. The molecular formula is C27H25ClN2O4. The van der Waals surface area contributed by atoms with Gasteiger partial charge in [-0.25, -0.2) is 0 Å². The van der Waals surface area contributed by atoms with Gasteiger partial charge in [-0.2, -0.15) is 0 Å². The highest BCUT2D eigenvalue weighted by Gasteiger charge is 2.32. The Labute approximate surface area is 203 Å². The van der Waals surface area contributed by atoms with Crippen molar-refractivity contribution in [2.45, 2.75) is 26.8 Å². The number of ketones is 1. The van der Waals surface area contributed by atoms with Gasteiger partial charge in [-0.3, -0.25) is 19.3 Å². The Morgan fingerprint density at radius 1 is 1.03 bits per heavy atom. The minimum atomic E-state index is -0.660. The number of ether oxygens (including phenoxy) is 1. The Morgan fingerprint density at radius 3 is 2.38 bits per heavy atom. The Balaban J connectivity index is 1.34. The number of hydrogen-bond donors (Lipinski definition) is 0. The summed E-state index contributed by atoms with van der Waals surface area (Å²) in [6, 6.07) is 16.6. The summed E-state index contributed by atoms with van der Waals surface area (Å²) in [6.45, 7) is 7.77. The SMILES string of the molecule is C=C1c2ccccc2C(=O)N1CC(=O)OCC(=O)c1cc(C)n(CCc2ccc(Cl)cc2)c1C. The number of esters is 1. The quantitative estimate of drug-likeness (QED) is 0.344. The molecule has 2 aromatic carbocycles. The summed E-state index contributed by atoms with van der Waals surface area (Å²) in [5.41, 5.74) is 5.11. The van der Waals surface area contributed by atoms with Crippen molar-refractivity contribution >= 4 is 35.0 Å². The molecule has 0 unspecified atom stereocenters. The zero-order chi connectivity index (χ0) is 24.4. The first kappa shape index (κ1) is 23.5. The van der Waals surface area contributed by atoms with Crippen LogP contribution in [0.3, 0.4) is 0 Å². The van der Waals surface area contributed by atoms with E-state index in [0.717, 1.165) is 23.4 Å². The Hall–Kier alpha value is -3.64. The highest BCUT2D eigenvalue weighted by atomic mass is 35.5. The zero-order valence-corrected chi connectivity index (χ0v) is 19.9. The first-order chi connectivity index (χ1) is 16.3. The first-order valence-electron chi connectivity index (χ1n) is 11.0. The second-order valence-corrected chi connectivity index (χ2v) is 8.72. The van der Waals surface area contributed by atoms with Crippen molar-refractivity contribution in [1.29, 1.82) is 0 Å². The predicted octanol–water partition coefficient (Wildman–Crippen LogP) is 4.85. The molecule has 3 aromatic rings. The number of benzene rings is 2. The van der Waals surface area contributed by atoms with Crippen LogP contribution in [0.25, 0.3) is 5.70 Å². The van der Waals surface area contributed by atoms with Gasteiger partial charge in [0.05, 0.1) is 0 Å². The molecule has 0 atom stereocenters. The van der Waals surface area contributed by atoms with Crippen LogP contribution in [0.5, 0.6) is 0 Å². The minimum Gasteiger partial charge on any atom is -0.456 e. The van der Waals surface area contributed by atoms with E-state index < -0.39 is 5.97 Å². The molecule has 7 heteroatoms. The van der Waals surface area contributed by atoms with Crippen molar-refractivity contribution in [2.24, 2.45) is 0 Å². The van der Waals surface area contributed by atoms with Crippen LogP contribution in [0.4, 0.5) is 0 Å². The number of halogens is 1. The van der Waals surface area contributed by atoms with E-state index in [1.807, 2.05) is 50.2 Å². The zero-order valence-electron chi connectivity index (χ0n) is 19.1. The molecule has 0 saturated carbocycles. The number of amides is 1. The molecule has 0 aliphatic carbocycles. The smallest absolute Gasteiger partial charge is 0.326 e. The minimum absolute atomic E-state index is 0.283. The molecule has 0 bridgehead atoms. The number of fused-ring (bicyclic) bond motifs is 1. The lowest BCUT2D eigenvalue weighted by molar-refractivity contribution is -0.142. The number of rotatable bonds is 8. The molecule has 0 fully saturated rings. The van der Waals surface area contributed by atoms with Crippen LogP contribution in [0, 0.1) is 13.8 Å². The van der Waals surface area contributed by atoms with Gasteiger partial charge in [-0.15, -0.1) is 0 Å². The van der Waals surface area contributed by atoms with Crippen molar-refractivity contribution in [3.8, 4) is 0 Å². The van der Waals surface area contributed by atoms with Crippen LogP contribution in [0.15, 0.2) is 61.2 Å². The van der Waals surface area contributed by atoms with E-state index >= 15 is 0 Å². The van der Waals surface area contributed by atoms with Gasteiger partial charge >= 0.3 is 5.97 Å².